The highest BCUT2D eigenvalue weighted by molar-refractivity contribution is 9.10. The van der Waals surface area contributed by atoms with Gasteiger partial charge in [-0.3, -0.25) is 5.84 Å². The van der Waals surface area contributed by atoms with E-state index in [1.807, 2.05) is 6.07 Å². The van der Waals surface area contributed by atoms with E-state index >= 15 is 0 Å². The first-order valence-corrected chi connectivity index (χ1v) is 6.94. The normalized spacial score (nSPS) is 12.5. The second-order valence-electron chi connectivity index (χ2n) is 3.94. The third-order valence-electron chi connectivity index (χ3n) is 2.72. The Morgan fingerprint density at radius 2 is 1.89 bits per heavy atom. The standard InChI is InChI=1S/C13H10BrCl2FN2/c14-10-4-1-7(5-11(10)16)13(19-18)9-3-2-8(15)6-12(9)17/h1-6,13,19H,18H2. The quantitative estimate of drug-likeness (QED) is 0.624. The fraction of sp³-hybridized carbons (Fsp3) is 0.0769. The number of nitrogens with two attached hydrogens (primary N) is 1. The highest BCUT2D eigenvalue weighted by atomic mass is 79.9. The summed E-state index contributed by atoms with van der Waals surface area (Å²) in [7, 11) is 0. The van der Waals surface area contributed by atoms with Gasteiger partial charge >= 0.3 is 0 Å². The molecule has 0 radical (unpaired) electrons. The molecule has 0 fully saturated rings. The second-order valence-corrected chi connectivity index (χ2v) is 5.64. The lowest BCUT2D eigenvalue weighted by molar-refractivity contribution is 0.560. The smallest absolute Gasteiger partial charge is 0.129 e. The number of nitrogens with one attached hydrogen (secondary N) is 1. The van der Waals surface area contributed by atoms with Crippen molar-refractivity contribution in [2.45, 2.75) is 6.04 Å². The van der Waals surface area contributed by atoms with Crippen LogP contribution in [0.25, 0.3) is 0 Å². The molecule has 100 valence electrons. The molecular formula is C13H10BrCl2FN2. The molecule has 2 rings (SSSR count). The molecule has 2 nitrogen and oxygen atoms in total. The maximum absolute atomic E-state index is 13.9. The first kappa shape index (κ1) is 14.8. The van der Waals surface area contributed by atoms with Crippen LogP contribution in [-0.4, -0.2) is 0 Å². The van der Waals surface area contributed by atoms with Crippen LogP contribution in [0.1, 0.15) is 17.2 Å². The molecule has 0 saturated carbocycles. The average Bonchev–Trinajstić information content (AvgIpc) is 2.37. The summed E-state index contributed by atoms with van der Waals surface area (Å²) in [5, 5.41) is 0.873. The zero-order chi connectivity index (χ0) is 14.0. The maximum Gasteiger partial charge on any atom is 0.129 e. The molecular weight excluding hydrogens is 354 g/mol. The minimum Gasteiger partial charge on any atom is -0.271 e. The molecule has 0 amide bonds. The molecule has 0 aromatic heterocycles. The van der Waals surface area contributed by atoms with E-state index in [1.165, 1.54) is 6.07 Å². The van der Waals surface area contributed by atoms with E-state index in [0.717, 1.165) is 10.0 Å². The van der Waals surface area contributed by atoms with Crippen molar-refractivity contribution in [1.82, 2.24) is 5.43 Å². The predicted molar refractivity (Wildman–Crippen MR) is 79.7 cm³/mol. The van der Waals surface area contributed by atoms with E-state index in [2.05, 4.69) is 21.4 Å². The summed E-state index contributed by atoms with van der Waals surface area (Å²) in [4.78, 5) is 0. The maximum atomic E-state index is 13.9. The summed E-state index contributed by atoms with van der Waals surface area (Å²) >= 11 is 15.1. The van der Waals surface area contributed by atoms with E-state index in [4.69, 9.17) is 29.0 Å². The van der Waals surface area contributed by atoms with Gasteiger partial charge < -0.3 is 0 Å². The Morgan fingerprint density at radius 1 is 1.16 bits per heavy atom. The lowest BCUT2D eigenvalue weighted by Gasteiger charge is -2.18. The lowest BCUT2D eigenvalue weighted by atomic mass is 9.99. The Hall–Kier alpha value is -0.650. The SMILES string of the molecule is NNC(c1ccc(Br)c(Cl)c1)c1ccc(Cl)cc1F. The van der Waals surface area contributed by atoms with Gasteiger partial charge in [0.2, 0.25) is 0 Å². The Labute approximate surface area is 128 Å². The fourth-order valence-electron chi connectivity index (χ4n) is 1.79. The van der Waals surface area contributed by atoms with Crippen molar-refractivity contribution in [1.29, 1.82) is 0 Å². The van der Waals surface area contributed by atoms with Gasteiger partial charge in [0, 0.05) is 15.1 Å². The first-order chi connectivity index (χ1) is 9.02. The van der Waals surface area contributed by atoms with E-state index in [0.29, 0.717) is 15.6 Å². The van der Waals surface area contributed by atoms with E-state index in [1.54, 1.807) is 24.3 Å². The lowest BCUT2D eigenvalue weighted by Crippen LogP contribution is -2.29. The Morgan fingerprint density at radius 3 is 2.47 bits per heavy atom. The number of hydrazine groups is 1. The number of hydrogen-bond acceptors (Lipinski definition) is 2. The van der Waals surface area contributed by atoms with Gasteiger partial charge in [0.15, 0.2) is 0 Å². The third-order valence-corrected chi connectivity index (χ3v) is 4.18. The number of rotatable bonds is 3. The molecule has 0 bridgehead atoms. The van der Waals surface area contributed by atoms with Crippen LogP contribution in [0.15, 0.2) is 40.9 Å². The molecule has 6 heteroatoms. The molecule has 2 aromatic rings. The van der Waals surface area contributed by atoms with Gasteiger partial charge in [-0.05, 0) is 45.8 Å². The van der Waals surface area contributed by atoms with Crippen molar-refractivity contribution in [3.05, 3.63) is 67.9 Å². The number of benzene rings is 2. The minimum absolute atomic E-state index is 0.339. The van der Waals surface area contributed by atoms with E-state index in [9.17, 15) is 4.39 Å². The molecule has 0 aliphatic carbocycles. The summed E-state index contributed by atoms with van der Waals surface area (Å²) < 4.78 is 14.7. The van der Waals surface area contributed by atoms with E-state index in [-0.39, 0.29) is 0 Å². The van der Waals surface area contributed by atoms with Gasteiger partial charge in [0.1, 0.15) is 5.82 Å². The molecule has 0 saturated heterocycles. The van der Waals surface area contributed by atoms with Crippen LogP contribution < -0.4 is 11.3 Å². The summed E-state index contributed by atoms with van der Waals surface area (Å²) in [6.07, 6.45) is 0. The number of hydrogen-bond donors (Lipinski definition) is 2. The Balaban J connectivity index is 2.46. The molecule has 0 aliphatic heterocycles. The van der Waals surface area contributed by atoms with Gasteiger partial charge in [-0.25, -0.2) is 9.82 Å². The molecule has 3 N–H and O–H groups in total. The highest BCUT2D eigenvalue weighted by Gasteiger charge is 2.17. The molecule has 1 atom stereocenters. The van der Waals surface area contributed by atoms with Crippen LogP contribution in [0.3, 0.4) is 0 Å². The summed E-state index contributed by atoms with van der Waals surface area (Å²) in [5.74, 6) is 5.11. The van der Waals surface area contributed by atoms with Crippen molar-refractivity contribution in [3.63, 3.8) is 0 Å². The van der Waals surface area contributed by atoms with Crippen LogP contribution in [0, 0.1) is 5.82 Å². The summed E-state index contributed by atoms with van der Waals surface area (Å²) in [5.41, 5.74) is 3.75. The fourth-order valence-corrected chi connectivity index (χ4v) is 2.39. The topological polar surface area (TPSA) is 38.0 Å². The highest BCUT2D eigenvalue weighted by Crippen LogP contribution is 2.30. The Bertz CT molecular complexity index is 607. The van der Waals surface area contributed by atoms with Crippen molar-refractivity contribution in [2.24, 2.45) is 5.84 Å². The predicted octanol–water partition coefficient (Wildman–Crippen LogP) is 4.45. The van der Waals surface area contributed by atoms with Crippen molar-refractivity contribution < 1.29 is 4.39 Å². The zero-order valence-electron chi connectivity index (χ0n) is 9.63. The summed E-state index contributed by atoms with van der Waals surface area (Å²) in [6, 6.07) is 9.29. The van der Waals surface area contributed by atoms with Crippen LogP contribution in [0.5, 0.6) is 0 Å². The minimum atomic E-state index is -0.497. The van der Waals surface area contributed by atoms with Gasteiger partial charge in [0.05, 0.1) is 11.1 Å². The van der Waals surface area contributed by atoms with Crippen LogP contribution >= 0.6 is 39.1 Å². The molecule has 1 unspecified atom stereocenters. The Kier molecular flexibility index (Phi) is 4.81. The molecule has 2 aromatic carbocycles. The molecule has 0 aliphatic rings. The van der Waals surface area contributed by atoms with Gasteiger partial charge in [-0.1, -0.05) is 35.3 Å². The third kappa shape index (κ3) is 3.27. The van der Waals surface area contributed by atoms with Crippen molar-refractivity contribution in [2.75, 3.05) is 0 Å². The largest absolute Gasteiger partial charge is 0.271 e. The summed E-state index contributed by atoms with van der Waals surface area (Å²) in [6.45, 7) is 0. The van der Waals surface area contributed by atoms with Crippen LogP contribution in [-0.2, 0) is 0 Å². The first-order valence-electron chi connectivity index (χ1n) is 5.39. The zero-order valence-corrected chi connectivity index (χ0v) is 12.7. The molecule has 19 heavy (non-hydrogen) atoms. The number of halogens is 4. The molecule has 0 heterocycles. The second kappa shape index (κ2) is 6.20. The van der Waals surface area contributed by atoms with Gasteiger partial charge in [-0.2, -0.15) is 0 Å². The van der Waals surface area contributed by atoms with Crippen LogP contribution in [0.2, 0.25) is 10.0 Å². The van der Waals surface area contributed by atoms with Crippen molar-refractivity contribution in [3.8, 4) is 0 Å². The van der Waals surface area contributed by atoms with Crippen molar-refractivity contribution >= 4 is 39.1 Å². The van der Waals surface area contributed by atoms with Crippen LogP contribution in [0.4, 0.5) is 4.39 Å². The van der Waals surface area contributed by atoms with Gasteiger partial charge in [0.25, 0.3) is 0 Å². The monoisotopic (exact) mass is 362 g/mol. The van der Waals surface area contributed by atoms with E-state index < -0.39 is 11.9 Å². The average molecular weight is 364 g/mol. The van der Waals surface area contributed by atoms with Gasteiger partial charge in [-0.15, -0.1) is 0 Å². The molecule has 0 spiro atoms.